The summed E-state index contributed by atoms with van der Waals surface area (Å²) >= 11 is 0. The molecule has 11 unspecified atom stereocenters. The molecule has 0 aromatic rings. The number of methoxy groups -OCH3 is 1. The molecule has 41 heavy (non-hydrogen) atoms. The molecule has 3 rings (SSSR count). The van der Waals surface area contributed by atoms with E-state index in [4.69, 9.17) is 23.7 Å². The van der Waals surface area contributed by atoms with Crippen molar-refractivity contribution in [2.45, 2.75) is 69.8 Å². The molecule has 1 saturated heterocycles. The number of aliphatic hydroxyl groups excluding tert-OH is 7. The van der Waals surface area contributed by atoms with Gasteiger partial charge in [0.05, 0.1) is 44.7 Å². The molecule has 0 bridgehead atoms. The van der Waals surface area contributed by atoms with Crippen LogP contribution in [0.5, 0.6) is 0 Å². The van der Waals surface area contributed by atoms with Gasteiger partial charge in [0.25, 0.3) is 0 Å². The van der Waals surface area contributed by atoms with E-state index in [2.05, 4.69) is 0 Å². The number of rotatable bonds is 11. The minimum atomic E-state index is -1.71. The predicted molar refractivity (Wildman–Crippen MR) is 137 cm³/mol. The van der Waals surface area contributed by atoms with Gasteiger partial charge in [-0.15, -0.1) is 0 Å². The molecule has 3 aliphatic rings. The van der Waals surface area contributed by atoms with Crippen molar-refractivity contribution >= 4 is 11.9 Å². The predicted octanol–water partition coefficient (Wildman–Crippen LogP) is -2.05. The van der Waals surface area contributed by atoms with E-state index in [1.165, 1.54) is 0 Å². The van der Waals surface area contributed by atoms with E-state index >= 15 is 0 Å². The summed E-state index contributed by atoms with van der Waals surface area (Å²) in [5.41, 5.74) is 0.277. The molecule has 0 spiro atoms. The van der Waals surface area contributed by atoms with Gasteiger partial charge in [0.15, 0.2) is 6.29 Å². The van der Waals surface area contributed by atoms with E-state index in [9.17, 15) is 45.3 Å². The average Bonchev–Trinajstić information content (AvgIpc) is 3.25. The highest BCUT2D eigenvalue weighted by molar-refractivity contribution is 5.90. The number of hydrogen-bond acceptors (Lipinski definition) is 14. The summed E-state index contributed by atoms with van der Waals surface area (Å²) in [5, 5.41) is 69.7. The van der Waals surface area contributed by atoms with Crippen LogP contribution in [0.25, 0.3) is 0 Å². The maximum Gasteiger partial charge on any atom is 0.337 e. The van der Waals surface area contributed by atoms with Gasteiger partial charge >= 0.3 is 11.9 Å². The molecule has 11 atom stereocenters. The Bertz CT molecular complexity index is 946. The summed E-state index contributed by atoms with van der Waals surface area (Å²) in [4.78, 5) is 25.6. The Balaban J connectivity index is 1.75. The maximum atomic E-state index is 13.1. The van der Waals surface area contributed by atoms with Crippen LogP contribution in [0.2, 0.25) is 0 Å². The summed E-state index contributed by atoms with van der Waals surface area (Å²) < 4.78 is 27.1. The zero-order chi connectivity index (χ0) is 30.4. The Kier molecular flexibility index (Phi) is 12.1. The summed E-state index contributed by atoms with van der Waals surface area (Å²) in [6.07, 6.45) is -7.10. The molecule has 0 aromatic carbocycles. The highest BCUT2D eigenvalue weighted by atomic mass is 16.8. The van der Waals surface area contributed by atoms with Crippen molar-refractivity contribution in [2.24, 2.45) is 29.6 Å². The Hall–Kier alpha value is -2.14. The van der Waals surface area contributed by atoms with Gasteiger partial charge in [-0.2, -0.15) is 0 Å². The zero-order valence-electron chi connectivity index (χ0n) is 23.3. The van der Waals surface area contributed by atoms with Crippen LogP contribution in [-0.4, -0.2) is 124 Å². The quantitative estimate of drug-likeness (QED) is 0.102. The van der Waals surface area contributed by atoms with Crippen molar-refractivity contribution in [3.05, 3.63) is 23.5 Å². The van der Waals surface area contributed by atoms with E-state index in [-0.39, 0.29) is 55.1 Å². The van der Waals surface area contributed by atoms with Gasteiger partial charge in [0, 0.05) is 36.5 Å². The molecule has 0 amide bonds. The van der Waals surface area contributed by atoms with Gasteiger partial charge < -0.3 is 59.4 Å². The van der Waals surface area contributed by atoms with Crippen LogP contribution in [0.4, 0.5) is 0 Å². The zero-order valence-corrected chi connectivity index (χ0v) is 23.3. The second-order valence-electron chi connectivity index (χ2n) is 10.7. The fourth-order valence-electron chi connectivity index (χ4n) is 5.83. The number of carbonyl (C=O) groups is 2. The van der Waals surface area contributed by atoms with Crippen LogP contribution in [0.1, 0.15) is 26.7 Å². The number of carbonyl (C=O) groups excluding carboxylic acids is 2. The smallest absolute Gasteiger partial charge is 0.337 e. The third kappa shape index (κ3) is 7.27. The standard InChI is InChI=1S/C27H42O14/c1-4-14-16(6-21(32)38-10-17-12(2)19(31)5-15(17)13(7-28)8-29)18(25(36)37-3)11-39-26(14)41-27-24(35)23(34)22(33)20(9-30)40-27/h4,11-13,15-17,19-20,22-24,26-31,33-35H,5-10H2,1-3H3. The molecule has 1 aliphatic carbocycles. The molecule has 7 N–H and O–H groups in total. The Morgan fingerprint density at radius 1 is 1.10 bits per heavy atom. The van der Waals surface area contributed by atoms with Gasteiger partial charge in [-0.3, -0.25) is 4.79 Å². The van der Waals surface area contributed by atoms with Crippen molar-refractivity contribution in [2.75, 3.05) is 33.5 Å². The van der Waals surface area contributed by atoms with Crippen LogP contribution in [-0.2, 0) is 33.3 Å². The molecule has 2 heterocycles. The largest absolute Gasteiger partial charge is 0.468 e. The molecule has 2 fully saturated rings. The van der Waals surface area contributed by atoms with Crippen LogP contribution in [0.15, 0.2) is 23.5 Å². The fourth-order valence-corrected chi connectivity index (χ4v) is 5.83. The summed E-state index contributed by atoms with van der Waals surface area (Å²) in [6.45, 7) is 2.13. The van der Waals surface area contributed by atoms with Gasteiger partial charge in [-0.05, 0) is 25.2 Å². The number of aliphatic hydroxyl groups is 7. The monoisotopic (exact) mass is 590 g/mol. The third-order valence-electron chi connectivity index (χ3n) is 8.46. The van der Waals surface area contributed by atoms with E-state index in [0.717, 1.165) is 13.4 Å². The Morgan fingerprint density at radius 3 is 2.37 bits per heavy atom. The Morgan fingerprint density at radius 2 is 1.78 bits per heavy atom. The number of allylic oxidation sites excluding steroid dienone is 1. The first kappa shape index (κ1) is 33.4. The van der Waals surface area contributed by atoms with Crippen LogP contribution >= 0.6 is 0 Å². The topological polar surface area (TPSA) is 222 Å². The van der Waals surface area contributed by atoms with Crippen molar-refractivity contribution in [3.8, 4) is 0 Å². The maximum absolute atomic E-state index is 13.1. The first-order chi connectivity index (χ1) is 19.5. The van der Waals surface area contributed by atoms with Gasteiger partial charge in [0.2, 0.25) is 6.29 Å². The van der Waals surface area contributed by atoms with Crippen molar-refractivity contribution in [3.63, 3.8) is 0 Å². The van der Waals surface area contributed by atoms with Crippen molar-refractivity contribution in [1.82, 2.24) is 0 Å². The lowest BCUT2D eigenvalue weighted by Gasteiger charge is -2.41. The molecule has 2 aliphatic heterocycles. The lowest BCUT2D eigenvalue weighted by molar-refractivity contribution is -0.327. The van der Waals surface area contributed by atoms with Gasteiger partial charge in [0.1, 0.15) is 24.4 Å². The van der Waals surface area contributed by atoms with Crippen LogP contribution in [0, 0.1) is 29.6 Å². The van der Waals surface area contributed by atoms with Crippen molar-refractivity contribution < 1.29 is 69.0 Å². The molecule has 14 heteroatoms. The highest BCUT2D eigenvalue weighted by Crippen LogP contribution is 2.42. The number of hydrogen-bond donors (Lipinski definition) is 7. The average molecular weight is 591 g/mol. The highest BCUT2D eigenvalue weighted by Gasteiger charge is 2.47. The first-order valence-corrected chi connectivity index (χ1v) is 13.6. The second kappa shape index (κ2) is 14.8. The van der Waals surface area contributed by atoms with Crippen LogP contribution < -0.4 is 0 Å². The second-order valence-corrected chi connectivity index (χ2v) is 10.7. The van der Waals surface area contributed by atoms with E-state index < -0.39 is 73.5 Å². The van der Waals surface area contributed by atoms with E-state index in [0.29, 0.717) is 6.42 Å². The summed E-state index contributed by atoms with van der Waals surface area (Å²) in [7, 11) is 1.16. The van der Waals surface area contributed by atoms with Gasteiger partial charge in [-0.1, -0.05) is 13.0 Å². The van der Waals surface area contributed by atoms with Crippen LogP contribution in [0.3, 0.4) is 0 Å². The first-order valence-electron chi connectivity index (χ1n) is 13.6. The number of esters is 2. The lowest BCUT2D eigenvalue weighted by Crippen LogP contribution is -2.60. The van der Waals surface area contributed by atoms with E-state index in [1.54, 1.807) is 13.0 Å². The van der Waals surface area contributed by atoms with Crippen molar-refractivity contribution in [1.29, 1.82) is 0 Å². The van der Waals surface area contributed by atoms with E-state index in [1.807, 2.05) is 6.92 Å². The summed E-state index contributed by atoms with van der Waals surface area (Å²) in [6, 6.07) is 0. The minimum Gasteiger partial charge on any atom is -0.468 e. The van der Waals surface area contributed by atoms with Gasteiger partial charge in [-0.25, -0.2) is 4.79 Å². The lowest BCUT2D eigenvalue weighted by atomic mass is 9.82. The third-order valence-corrected chi connectivity index (χ3v) is 8.46. The SMILES string of the molecule is CC=C1C(OC2OC(CO)C(O)C(O)C2O)OC=C(C(=O)OC)C1CC(=O)OCC1C(C)C(O)CC1C(CO)CO. The fraction of sp³-hybridized carbons (Fsp3) is 0.778. The number of ether oxygens (including phenoxy) is 5. The molecular formula is C27H42O14. The molecule has 0 radical (unpaired) electrons. The normalized spacial score (nSPS) is 38.5. The summed E-state index contributed by atoms with van der Waals surface area (Å²) in [5.74, 6) is -3.69. The molecule has 1 saturated carbocycles. The molecule has 0 aromatic heterocycles. The molecule has 234 valence electrons. The molecular weight excluding hydrogens is 548 g/mol. The minimum absolute atomic E-state index is 0.00522. The molecule has 14 nitrogen and oxygen atoms in total. The Labute approximate surface area is 237 Å².